The van der Waals surface area contributed by atoms with E-state index >= 15 is 0 Å². The first kappa shape index (κ1) is 12.5. The molecule has 0 aromatic heterocycles. The van der Waals surface area contributed by atoms with Gasteiger partial charge in [0, 0.05) is 13.0 Å². The molecule has 0 atom stereocenters. The topological polar surface area (TPSA) is 55.6 Å². The molecule has 1 amide bonds. The van der Waals surface area contributed by atoms with Gasteiger partial charge in [-0.05, 0) is 33.2 Å². The van der Waals surface area contributed by atoms with Crippen LogP contribution in [0.1, 0.15) is 33.1 Å². The largest absolute Gasteiger partial charge is 0.377 e. The molecule has 1 saturated heterocycles. The molecule has 2 N–H and O–H groups in total. The van der Waals surface area contributed by atoms with Crippen LogP contribution in [0.5, 0.6) is 0 Å². The van der Waals surface area contributed by atoms with Crippen molar-refractivity contribution in [2.75, 3.05) is 26.3 Å². The van der Waals surface area contributed by atoms with Gasteiger partial charge in [0.15, 0.2) is 0 Å². The van der Waals surface area contributed by atoms with Gasteiger partial charge in [0.2, 0.25) is 5.91 Å². The Bertz CT molecular complexity index is 217. The van der Waals surface area contributed by atoms with Gasteiger partial charge in [0.05, 0.1) is 18.8 Å². The van der Waals surface area contributed by atoms with E-state index in [0.717, 1.165) is 12.8 Å². The SMILES string of the molecule is CC1(C)COCCN1C(=O)CCCCN. The van der Waals surface area contributed by atoms with Crippen LogP contribution in [-0.4, -0.2) is 42.6 Å². The number of unbranched alkanes of at least 4 members (excludes halogenated alkanes) is 1. The van der Waals surface area contributed by atoms with Gasteiger partial charge < -0.3 is 15.4 Å². The third kappa shape index (κ3) is 3.47. The van der Waals surface area contributed by atoms with Crippen LogP contribution in [0.4, 0.5) is 0 Å². The lowest BCUT2D eigenvalue weighted by atomic mass is 10.0. The number of ether oxygens (including phenoxy) is 1. The normalized spacial score (nSPS) is 20.3. The molecule has 15 heavy (non-hydrogen) atoms. The number of hydrogen-bond acceptors (Lipinski definition) is 3. The summed E-state index contributed by atoms with van der Waals surface area (Å²) in [4.78, 5) is 13.9. The molecule has 0 radical (unpaired) electrons. The second-order valence-corrected chi connectivity index (χ2v) is 4.66. The monoisotopic (exact) mass is 214 g/mol. The van der Waals surface area contributed by atoms with Gasteiger partial charge in [0.25, 0.3) is 0 Å². The Morgan fingerprint density at radius 2 is 2.20 bits per heavy atom. The molecule has 1 aliphatic rings. The Morgan fingerprint density at radius 3 is 2.80 bits per heavy atom. The quantitative estimate of drug-likeness (QED) is 0.703. The summed E-state index contributed by atoms with van der Waals surface area (Å²) in [5.41, 5.74) is 5.25. The predicted molar refractivity (Wildman–Crippen MR) is 59.5 cm³/mol. The molecule has 0 aromatic carbocycles. The van der Waals surface area contributed by atoms with Crippen molar-refractivity contribution in [3.8, 4) is 0 Å². The number of hydrogen-bond donors (Lipinski definition) is 1. The van der Waals surface area contributed by atoms with Gasteiger partial charge >= 0.3 is 0 Å². The van der Waals surface area contributed by atoms with E-state index in [2.05, 4.69) is 0 Å². The molecule has 1 fully saturated rings. The van der Waals surface area contributed by atoms with Crippen LogP contribution < -0.4 is 5.73 Å². The van der Waals surface area contributed by atoms with Gasteiger partial charge in [-0.3, -0.25) is 4.79 Å². The Balaban J connectivity index is 2.42. The zero-order valence-corrected chi connectivity index (χ0v) is 9.79. The van der Waals surface area contributed by atoms with Crippen molar-refractivity contribution in [3.05, 3.63) is 0 Å². The first-order valence-electron chi connectivity index (χ1n) is 5.66. The summed E-state index contributed by atoms with van der Waals surface area (Å²) in [6.07, 6.45) is 2.43. The molecule has 4 nitrogen and oxygen atoms in total. The number of nitrogens with zero attached hydrogens (tertiary/aromatic N) is 1. The molecule has 0 aromatic rings. The van der Waals surface area contributed by atoms with E-state index in [4.69, 9.17) is 10.5 Å². The standard InChI is InChI=1S/C11H22N2O2/c1-11(2)9-15-8-7-13(11)10(14)5-3-4-6-12/h3-9,12H2,1-2H3. The molecule has 1 heterocycles. The van der Waals surface area contributed by atoms with Gasteiger partial charge in [-0.15, -0.1) is 0 Å². The van der Waals surface area contributed by atoms with Crippen molar-refractivity contribution < 1.29 is 9.53 Å². The summed E-state index contributed by atoms with van der Waals surface area (Å²) in [7, 11) is 0. The highest BCUT2D eigenvalue weighted by Gasteiger charge is 2.33. The summed E-state index contributed by atoms with van der Waals surface area (Å²) >= 11 is 0. The van der Waals surface area contributed by atoms with E-state index in [1.165, 1.54) is 0 Å². The maximum absolute atomic E-state index is 11.9. The number of nitrogens with two attached hydrogens (primary N) is 1. The molecule has 0 bridgehead atoms. The fourth-order valence-corrected chi connectivity index (χ4v) is 1.88. The predicted octanol–water partition coefficient (Wildman–Crippen LogP) is 0.753. The Morgan fingerprint density at radius 1 is 1.47 bits per heavy atom. The van der Waals surface area contributed by atoms with E-state index < -0.39 is 0 Å². The van der Waals surface area contributed by atoms with Crippen LogP contribution in [-0.2, 0) is 9.53 Å². The average molecular weight is 214 g/mol. The number of carbonyl (C=O) groups is 1. The van der Waals surface area contributed by atoms with Crippen LogP contribution in [0.15, 0.2) is 0 Å². The Hall–Kier alpha value is -0.610. The summed E-state index contributed by atoms with van der Waals surface area (Å²) in [6, 6.07) is 0. The zero-order chi connectivity index (χ0) is 11.3. The summed E-state index contributed by atoms with van der Waals surface area (Å²) in [6.45, 7) is 6.77. The number of rotatable bonds is 4. The average Bonchev–Trinajstić information content (AvgIpc) is 2.17. The molecular weight excluding hydrogens is 192 g/mol. The Kier molecular flexibility index (Phi) is 4.54. The van der Waals surface area contributed by atoms with Crippen molar-refractivity contribution in [2.45, 2.75) is 38.6 Å². The molecule has 88 valence electrons. The van der Waals surface area contributed by atoms with Gasteiger partial charge in [-0.1, -0.05) is 0 Å². The van der Waals surface area contributed by atoms with Crippen LogP contribution in [0, 0.1) is 0 Å². The first-order valence-corrected chi connectivity index (χ1v) is 5.66. The van der Waals surface area contributed by atoms with Crippen LogP contribution in [0.3, 0.4) is 0 Å². The minimum absolute atomic E-state index is 0.155. The second-order valence-electron chi connectivity index (χ2n) is 4.66. The molecule has 1 aliphatic heterocycles. The van der Waals surface area contributed by atoms with Crippen molar-refractivity contribution in [1.29, 1.82) is 0 Å². The lowest BCUT2D eigenvalue weighted by Gasteiger charge is -2.42. The number of amides is 1. The van der Waals surface area contributed by atoms with Gasteiger partial charge in [0.1, 0.15) is 0 Å². The molecule has 0 saturated carbocycles. The highest BCUT2D eigenvalue weighted by Crippen LogP contribution is 2.20. The lowest BCUT2D eigenvalue weighted by molar-refractivity contribution is -0.146. The van der Waals surface area contributed by atoms with E-state index in [-0.39, 0.29) is 11.4 Å². The smallest absolute Gasteiger partial charge is 0.223 e. The van der Waals surface area contributed by atoms with Crippen LogP contribution >= 0.6 is 0 Å². The highest BCUT2D eigenvalue weighted by atomic mass is 16.5. The third-order valence-corrected chi connectivity index (χ3v) is 2.79. The molecule has 1 rings (SSSR count). The number of morpholine rings is 1. The van der Waals surface area contributed by atoms with Crippen molar-refractivity contribution >= 4 is 5.91 Å². The van der Waals surface area contributed by atoms with E-state index in [1.54, 1.807) is 0 Å². The molecular formula is C11H22N2O2. The fourth-order valence-electron chi connectivity index (χ4n) is 1.88. The fraction of sp³-hybridized carbons (Fsp3) is 0.909. The third-order valence-electron chi connectivity index (χ3n) is 2.79. The minimum Gasteiger partial charge on any atom is -0.377 e. The molecule has 4 heteroatoms. The zero-order valence-electron chi connectivity index (χ0n) is 9.79. The second kappa shape index (κ2) is 5.47. The van der Waals surface area contributed by atoms with E-state index in [0.29, 0.717) is 32.7 Å². The Labute approximate surface area is 91.8 Å². The van der Waals surface area contributed by atoms with Gasteiger partial charge in [-0.25, -0.2) is 0 Å². The van der Waals surface area contributed by atoms with Crippen LogP contribution in [0.25, 0.3) is 0 Å². The van der Waals surface area contributed by atoms with Crippen molar-refractivity contribution in [2.24, 2.45) is 5.73 Å². The lowest BCUT2D eigenvalue weighted by Crippen LogP contribution is -2.55. The maximum Gasteiger partial charge on any atom is 0.223 e. The molecule has 0 spiro atoms. The summed E-state index contributed by atoms with van der Waals surface area (Å²) < 4.78 is 5.38. The maximum atomic E-state index is 11.9. The van der Waals surface area contributed by atoms with E-state index in [1.807, 2.05) is 18.7 Å². The van der Waals surface area contributed by atoms with Crippen LogP contribution in [0.2, 0.25) is 0 Å². The van der Waals surface area contributed by atoms with Gasteiger partial charge in [-0.2, -0.15) is 0 Å². The number of carbonyl (C=O) groups excluding carboxylic acids is 1. The summed E-state index contributed by atoms with van der Waals surface area (Å²) in [5, 5.41) is 0. The summed E-state index contributed by atoms with van der Waals surface area (Å²) in [5.74, 6) is 0.233. The highest BCUT2D eigenvalue weighted by molar-refractivity contribution is 5.77. The van der Waals surface area contributed by atoms with E-state index in [9.17, 15) is 4.79 Å². The molecule has 0 aliphatic carbocycles. The van der Waals surface area contributed by atoms with Crippen molar-refractivity contribution in [1.82, 2.24) is 4.90 Å². The molecule has 0 unspecified atom stereocenters. The van der Waals surface area contributed by atoms with Crippen molar-refractivity contribution in [3.63, 3.8) is 0 Å². The first-order chi connectivity index (χ1) is 7.08. The minimum atomic E-state index is -0.155.